The van der Waals surface area contributed by atoms with E-state index in [-0.39, 0.29) is 22.6 Å². The molecule has 1 heterocycles. The first kappa shape index (κ1) is 15.4. The van der Waals surface area contributed by atoms with E-state index in [9.17, 15) is 20.1 Å². The second-order valence-electron chi connectivity index (χ2n) is 5.12. The van der Waals surface area contributed by atoms with Gasteiger partial charge in [-0.3, -0.25) is 0 Å². The number of aromatic nitrogens is 1. The number of pyridine rings is 1. The highest BCUT2D eigenvalue weighted by Crippen LogP contribution is 2.30. The third kappa shape index (κ3) is 2.72. The number of carbonyl (C=O) groups is 1. The Bertz CT molecular complexity index is 979. The van der Waals surface area contributed by atoms with Crippen LogP contribution in [0.15, 0.2) is 42.5 Å². The number of nitrogens with zero attached hydrogens (tertiary/aromatic N) is 1. The van der Waals surface area contributed by atoms with E-state index in [4.69, 9.17) is 5.11 Å². The molecule has 0 aliphatic heterocycles. The summed E-state index contributed by atoms with van der Waals surface area (Å²) in [5.41, 5.74) is 0.822. The molecule has 0 saturated heterocycles. The van der Waals surface area contributed by atoms with Crippen LogP contribution in [0.25, 0.3) is 23.1 Å². The second kappa shape index (κ2) is 5.92. The minimum Gasteiger partial charge on any atom is -0.505 e. The highest BCUT2D eigenvalue weighted by Gasteiger charge is 2.13. The molecule has 6 nitrogen and oxygen atoms in total. The van der Waals surface area contributed by atoms with Crippen LogP contribution in [0.2, 0.25) is 0 Å². The summed E-state index contributed by atoms with van der Waals surface area (Å²) in [6.07, 6.45) is 3.14. The number of phenols is 3. The van der Waals surface area contributed by atoms with Gasteiger partial charge in [0.2, 0.25) is 0 Å². The highest BCUT2D eigenvalue weighted by atomic mass is 16.4. The molecule has 0 radical (unpaired) electrons. The molecule has 0 atom stereocenters. The summed E-state index contributed by atoms with van der Waals surface area (Å²) in [7, 11) is 0. The molecule has 0 saturated carbocycles. The fourth-order valence-electron chi connectivity index (χ4n) is 2.31. The van der Waals surface area contributed by atoms with Crippen molar-refractivity contribution in [2.75, 3.05) is 0 Å². The fraction of sp³-hybridized carbons (Fsp3) is 0. The third-order valence-electron chi connectivity index (χ3n) is 3.57. The summed E-state index contributed by atoms with van der Waals surface area (Å²) < 4.78 is 0. The molecule has 0 unspecified atom stereocenters. The van der Waals surface area contributed by atoms with Crippen molar-refractivity contribution >= 4 is 29.0 Å². The van der Waals surface area contributed by atoms with Crippen LogP contribution in [0, 0.1) is 0 Å². The molecule has 0 amide bonds. The Morgan fingerprint density at radius 2 is 1.67 bits per heavy atom. The summed E-state index contributed by atoms with van der Waals surface area (Å²) in [6, 6.07) is 10.9. The lowest BCUT2D eigenvalue weighted by Gasteiger charge is -2.05. The Morgan fingerprint density at radius 3 is 2.42 bits per heavy atom. The van der Waals surface area contributed by atoms with E-state index in [1.54, 1.807) is 42.5 Å². The normalized spacial score (nSPS) is 11.2. The van der Waals surface area contributed by atoms with E-state index < -0.39 is 11.7 Å². The molecule has 0 fully saturated rings. The first-order chi connectivity index (χ1) is 11.5. The van der Waals surface area contributed by atoms with E-state index in [0.29, 0.717) is 16.6 Å². The van der Waals surface area contributed by atoms with E-state index in [1.165, 1.54) is 12.1 Å². The van der Waals surface area contributed by atoms with Gasteiger partial charge in [-0.05, 0) is 30.4 Å². The van der Waals surface area contributed by atoms with Gasteiger partial charge in [0.15, 0.2) is 17.2 Å². The van der Waals surface area contributed by atoms with Gasteiger partial charge in [-0.1, -0.05) is 24.3 Å². The van der Waals surface area contributed by atoms with Crippen LogP contribution in [0.5, 0.6) is 17.2 Å². The topological polar surface area (TPSA) is 111 Å². The van der Waals surface area contributed by atoms with Gasteiger partial charge in [0.25, 0.3) is 0 Å². The number of phenolic OH excluding ortho intramolecular Hbond substituents is 2. The molecule has 3 aromatic rings. The van der Waals surface area contributed by atoms with E-state index >= 15 is 0 Å². The van der Waals surface area contributed by atoms with Gasteiger partial charge >= 0.3 is 5.97 Å². The molecular weight excluding hydrogens is 310 g/mol. The largest absolute Gasteiger partial charge is 0.505 e. The summed E-state index contributed by atoms with van der Waals surface area (Å²) in [5, 5.41) is 39.0. The number of hydrogen-bond donors (Lipinski definition) is 4. The zero-order valence-electron chi connectivity index (χ0n) is 12.3. The van der Waals surface area contributed by atoms with Gasteiger partial charge in [-0.15, -0.1) is 0 Å². The zero-order chi connectivity index (χ0) is 17.3. The van der Waals surface area contributed by atoms with Crippen molar-refractivity contribution in [1.29, 1.82) is 0 Å². The molecule has 0 aliphatic rings. The maximum Gasteiger partial charge on any atom is 0.339 e. The molecule has 2 aromatic carbocycles. The zero-order valence-corrected chi connectivity index (χ0v) is 12.3. The average Bonchev–Trinajstić information content (AvgIpc) is 2.56. The first-order valence-corrected chi connectivity index (χ1v) is 7.02. The number of carboxylic acid groups (broad SMARTS) is 1. The van der Waals surface area contributed by atoms with Crippen LogP contribution in [0.1, 0.15) is 21.6 Å². The summed E-state index contributed by atoms with van der Waals surface area (Å²) in [6.45, 7) is 0. The molecule has 0 spiro atoms. The predicted octanol–water partition coefficient (Wildman–Crippen LogP) is 3.22. The maximum absolute atomic E-state index is 11.1. The Balaban J connectivity index is 2.04. The minimum absolute atomic E-state index is 0.178. The van der Waals surface area contributed by atoms with Crippen molar-refractivity contribution in [3.63, 3.8) is 0 Å². The molecular formula is C18H13NO5. The molecule has 4 N–H and O–H groups in total. The van der Waals surface area contributed by atoms with Crippen LogP contribution < -0.4 is 0 Å². The Morgan fingerprint density at radius 1 is 0.917 bits per heavy atom. The standard InChI is InChI=1S/C18H13NO5/c20-14-3-1-2-11(16(14)21)5-8-12-7-4-10-6-9-13(18(23)24)17(22)15(10)19-12/h1-9,20-22H,(H,23,24)/b8-5+. The van der Waals surface area contributed by atoms with Gasteiger partial charge in [0.1, 0.15) is 11.1 Å². The van der Waals surface area contributed by atoms with E-state index in [2.05, 4.69) is 4.98 Å². The van der Waals surface area contributed by atoms with Gasteiger partial charge in [0, 0.05) is 10.9 Å². The van der Waals surface area contributed by atoms with Gasteiger partial charge < -0.3 is 20.4 Å². The highest BCUT2D eigenvalue weighted by molar-refractivity contribution is 5.99. The quantitative estimate of drug-likeness (QED) is 0.551. The Hall–Kier alpha value is -3.54. The van der Waals surface area contributed by atoms with Crippen LogP contribution in [-0.2, 0) is 0 Å². The predicted molar refractivity (Wildman–Crippen MR) is 89.1 cm³/mol. The van der Waals surface area contributed by atoms with Crippen LogP contribution in [-0.4, -0.2) is 31.4 Å². The number of aromatic hydroxyl groups is 3. The number of hydrogen-bond acceptors (Lipinski definition) is 5. The lowest BCUT2D eigenvalue weighted by molar-refractivity contribution is 0.0694. The summed E-state index contributed by atoms with van der Waals surface area (Å²) in [5.74, 6) is -2.10. The Labute approximate surface area is 136 Å². The summed E-state index contributed by atoms with van der Waals surface area (Å²) >= 11 is 0. The SMILES string of the molecule is O=C(O)c1ccc2ccc(/C=C/c3cccc(O)c3O)nc2c1O. The van der Waals surface area contributed by atoms with Crippen molar-refractivity contribution in [2.45, 2.75) is 0 Å². The first-order valence-electron chi connectivity index (χ1n) is 7.02. The number of benzene rings is 2. The molecule has 6 heteroatoms. The lowest BCUT2D eigenvalue weighted by atomic mass is 10.1. The summed E-state index contributed by atoms with van der Waals surface area (Å²) in [4.78, 5) is 15.3. The van der Waals surface area contributed by atoms with Gasteiger partial charge in [-0.25, -0.2) is 9.78 Å². The van der Waals surface area contributed by atoms with Crippen molar-refractivity contribution in [1.82, 2.24) is 4.98 Å². The van der Waals surface area contributed by atoms with Crippen molar-refractivity contribution in [2.24, 2.45) is 0 Å². The molecule has 24 heavy (non-hydrogen) atoms. The lowest BCUT2D eigenvalue weighted by Crippen LogP contribution is -1.97. The van der Waals surface area contributed by atoms with Crippen LogP contribution >= 0.6 is 0 Å². The molecule has 120 valence electrons. The van der Waals surface area contributed by atoms with Gasteiger partial charge in [0.05, 0.1) is 5.69 Å². The smallest absolute Gasteiger partial charge is 0.339 e. The number of fused-ring (bicyclic) bond motifs is 1. The monoisotopic (exact) mass is 323 g/mol. The van der Waals surface area contributed by atoms with Crippen LogP contribution in [0.4, 0.5) is 0 Å². The van der Waals surface area contributed by atoms with E-state index in [1.807, 2.05) is 0 Å². The molecule has 1 aromatic heterocycles. The molecule has 0 aliphatic carbocycles. The van der Waals surface area contributed by atoms with Crippen molar-refractivity contribution in [3.8, 4) is 17.2 Å². The van der Waals surface area contributed by atoms with Crippen molar-refractivity contribution in [3.05, 3.63) is 59.3 Å². The number of aromatic carboxylic acids is 1. The number of rotatable bonds is 3. The average molecular weight is 323 g/mol. The van der Waals surface area contributed by atoms with Crippen molar-refractivity contribution < 1.29 is 25.2 Å². The fourth-order valence-corrected chi connectivity index (χ4v) is 2.31. The number of para-hydroxylation sites is 1. The van der Waals surface area contributed by atoms with E-state index in [0.717, 1.165) is 0 Å². The molecule has 3 rings (SSSR count). The maximum atomic E-state index is 11.1. The Kier molecular flexibility index (Phi) is 3.79. The molecule has 0 bridgehead atoms. The minimum atomic E-state index is -1.23. The third-order valence-corrected chi connectivity index (χ3v) is 3.57. The van der Waals surface area contributed by atoms with Gasteiger partial charge in [-0.2, -0.15) is 0 Å². The number of carboxylic acids is 1. The second-order valence-corrected chi connectivity index (χ2v) is 5.12. The van der Waals surface area contributed by atoms with Crippen LogP contribution in [0.3, 0.4) is 0 Å².